The fourth-order valence-electron chi connectivity index (χ4n) is 2.53. The Hall–Kier alpha value is -1.02. The average molecular weight is 238 g/mol. The fraction of sp³-hybridized carbons (Fsp3) is 0.462. The Balaban J connectivity index is 2.40. The Morgan fingerprint density at radius 1 is 1.56 bits per heavy atom. The van der Waals surface area contributed by atoms with E-state index in [1.165, 1.54) is 11.3 Å². The Morgan fingerprint density at radius 3 is 2.94 bits per heavy atom. The number of rotatable bonds is 3. The maximum Gasteiger partial charge on any atom is 0.122 e. The van der Waals surface area contributed by atoms with Crippen LogP contribution in [0.15, 0.2) is 18.2 Å². The van der Waals surface area contributed by atoms with Gasteiger partial charge >= 0.3 is 0 Å². The maximum atomic E-state index is 10.7. The number of fused-ring (bicyclic) bond motifs is 1. The summed E-state index contributed by atoms with van der Waals surface area (Å²) < 4.78 is 0. The molecule has 1 aromatic carbocycles. The fourth-order valence-corrected chi connectivity index (χ4v) is 2.78. The molecule has 1 atom stereocenters. The van der Waals surface area contributed by atoms with Gasteiger partial charge in [-0.1, -0.05) is 17.7 Å². The van der Waals surface area contributed by atoms with E-state index in [9.17, 15) is 4.79 Å². The van der Waals surface area contributed by atoms with Crippen LogP contribution in [0.1, 0.15) is 25.8 Å². The summed E-state index contributed by atoms with van der Waals surface area (Å²) in [5.41, 5.74) is 2.37. The minimum atomic E-state index is 0.271. The van der Waals surface area contributed by atoms with Gasteiger partial charge in [0, 0.05) is 29.2 Å². The molecule has 0 fully saturated rings. The number of benzene rings is 1. The molecule has 0 amide bonds. The molecule has 0 aromatic heterocycles. The van der Waals surface area contributed by atoms with Crippen LogP contribution in [-0.4, -0.2) is 18.4 Å². The first kappa shape index (κ1) is 11.5. The molecule has 86 valence electrons. The van der Waals surface area contributed by atoms with Gasteiger partial charge in [0.15, 0.2) is 0 Å². The molecule has 0 N–H and O–H groups in total. The van der Waals surface area contributed by atoms with E-state index in [1.54, 1.807) is 0 Å². The SMILES string of the molecule is CC(C)N1c2cccc(Cl)c2CC1CC=O. The number of halogens is 1. The number of carbonyl (C=O) groups excluding carboxylic acids is 1. The highest BCUT2D eigenvalue weighted by atomic mass is 35.5. The standard InChI is InChI=1S/C13H16ClNO/c1-9(2)15-10(6-7-16)8-11-12(14)4-3-5-13(11)15/h3-5,7,9-10H,6,8H2,1-2H3. The number of nitrogens with zero attached hydrogens (tertiary/aromatic N) is 1. The molecule has 0 spiro atoms. The van der Waals surface area contributed by atoms with E-state index >= 15 is 0 Å². The second-order valence-corrected chi connectivity index (χ2v) is 4.91. The third-order valence-corrected chi connectivity index (χ3v) is 3.48. The third-order valence-electron chi connectivity index (χ3n) is 3.13. The summed E-state index contributed by atoms with van der Waals surface area (Å²) >= 11 is 6.19. The van der Waals surface area contributed by atoms with Crippen molar-refractivity contribution in [1.82, 2.24) is 0 Å². The minimum absolute atomic E-state index is 0.271. The summed E-state index contributed by atoms with van der Waals surface area (Å²) in [7, 11) is 0. The Bertz CT molecular complexity index is 403. The van der Waals surface area contributed by atoms with Crippen molar-refractivity contribution in [1.29, 1.82) is 0 Å². The number of anilines is 1. The predicted molar refractivity (Wildman–Crippen MR) is 67.2 cm³/mol. The van der Waals surface area contributed by atoms with Crippen molar-refractivity contribution in [2.24, 2.45) is 0 Å². The second-order valence-electron chi connectivity index (χ2n) is 4.50. The number of hydrogen-bond acceptors (Lipinski definition) is 2. The average Bonchev–Trinajstić information content (AvgIpc) is 2.58. The molecule has 1 aliphatic rings. The highest BCUT2D eigenvalue weighted by molar-refractivity contribution is 6.31. The monoisotopic (exact) mass is 237 g/mol. The third kappa shape index (κ3) is 1.82. The van der Waals surface area contributed by atoms with Crippen LogP contribution in [0.4, 0.5) is 5.69 Å². The molecule has 2 rings (SSSR count). The lowest BCUT2D eigenvalue weighted by molar-refractivity contribution is -0.108. The smallest absolute Gasteiger partial charge is 0.122 e. The van der Waals surface area contributed by atoms with E-state index < -0.39 is 0 Å². The molecule has 1 unspecified atom stereocenters. The summed E-state index contributed by atoms with van der Waals surface area (Å²) in [4.78, 5) is 13.0. The van der Waals surface area contributed by atoms with Crippen LogP contribution in [0.3, 0.4) is 0 Å². The summed E-state index contributed by atoms with van der Waals surface area (Å²) in [6.07, 6.45) is 2.45. The van der Waals surface area contributed by atoms with E-state index in [0.717, 1.165) is 17.7 Å². The Kier molecular flexibility index (Phi) is 3.20. The van der Waals surface area contributed by atoms with Gasteiger partial charge in [-0.05, 0) is 38.0 Å². The van der Waals surface area contributed by atoms with Gasteiger partial charge < -0.3 is 9.69 Å². The lowest BCUT2D eigenvalue weighted by atomic mass is 10.1. The molecular weight excluding hydrogens is 222 g/mol. The number of carbonyl (C=O) groups is 1. The van der Waals surface area contributed by atoms with Crippen LogP contribution in [-0.2, 0) is 11.2 Å². The van der Waals surface area contributed by atoms with Crippen molar-refractivity contribution in [3.05, 3.63) is 28.8 Å². The lowest BCUT2D eigenvalue weighted by Crippen LogP contribution is -2.37. The van der Waals surface area contributed by atoms with Gasteiger partial charge in [-0.15, -0.1) is 0 Å². The highest BCUT2D eigenvalue weighted by Gasteiger charge is 2.31. The molecule has 0 saturated carbocycles. The second kappa shape index (κ2) is 4.46. The van der Waals surface area contributed by atoms with Crippen LogP contribution in [0.5, 0.6) is 0 Å². The van der Waals surface area contributed by atoms with Crippen LogP contribution >= 0.6 is 11.6 Å². The van der Waals surface area contributed by atoms with E-state index in [2.05, 4.69) is 24.8 Å². The zero-order valence-corrected chi connectivity index (χ0v) is 10.4. The first-order valence-corrected chi connectivity index (χ1v) is 6.02. The van der Waals surface area contributed by atoms with E-state index in [-0.39, 0.29) is 6.04 Å². The van der Waals surface area contributed by atoms with Crippen molar-refractivity contribution in [2.75, 3.05) is 4.90 Å². The van der Waals surface area contributed by atoms with Crippen molar-refractivity contribution in [2.45, 2.75) is 38.8 Å². The van der Waals surface area contributed by atoms with Crippen molar-refractivity contribution >= 4 is 23.6 Å². The zero-order chi connectivity index (χ0) is 11.7. The minimum Gasteiger partial charge on any atom is -0.365 e. The molecular formula is C13H16ClNO. The Morgan fingerprint density at radius 2 is 2.31 bits per heavy atom. The quantitative estimate of drug-likeness (QED) is 0.753. The maximum absolute atomic E-state index is 10.7. The zero-order valence-electron chi connectivity index (χ0n) is 9.61. The van der Waals surface area contributed by atoms with Crippen LogP contribution in [0, 0.1) is 0 Å². The summed E-state index contributed by atoms with van der Waals surface area (Å²) in [5, 5.41) is 0.816. The first-order chi connectivity index (χ1) is 7.65. The molecule has 1 aliphatic heterocycles. The molecule has 0 saturated heterocycles. The van der Waals surface area contributed by atoms with Gasteiger partial charge in [-0.25, -0.2) is 0 Å². The normalized spacial score (nSPS) is 19.0. The van der Waals surface area contributed by atoms with E-state index in [4.69, 9.17) is 11.6 Å². The van der Waals surface area contributed by atoms with E-state index in [0.29, 0.717) is 12.5 Å². The van der Waals surface area contributed by atoms with Gasteiger partial charge in [-0.3, -0.25) is 0 Å². The van der Waals surface area contributed by atoms with Crippen LogP contribution in [0.2, 0.25) is 5.02 Å². The molecule has 16 heavy (non-hydrogen) atoms. The number of hydrogen-bond donors (Lipinski definition) is 0. The van der Waals surface area contributed by atoms with Gasteiger partial charge in [0.25, 0.3) is 0 Å². The van der Waals surface area contributed by atoms with E-state index in [1.807, 2.05) is 12.1 Å². The molecule has 0 bridgehead atoms. The van der Waals surface area contributed by atoms with Gasteiger partial charge in [-0.2, -0.15) is 0 Å². The largest absolute Gasteiger partial charge is 0.365 e. The summed E-state index contributed by atoms with van der Waals surface area (Å²) in [6, 6.07) is 6.64. The van der Waals surface area contributed by atoms with Crippen LogP contribution < -0.4 is 4.90 Å². The van der Waals surface area contributed by atoms with Crippen molar-refractivity contribution in [3.8, 4) is 0 Å². The van der Waals surface area contributed by atoms with Crippen molar-refractivity contribution < 1.29 is 4.79 Å². The topological polar surface area (TPSA) is 20.3 Å². The Labute approximate surface area is 101 Å². The molecule has 0 radical (unpaired) electrons. The van der Waals surface area contributed by atoms with Crippen LogP contribution in [0.25, 0.3) is 0 Å². The highest BCUT2D eigenvalue weighted by Crippen LogP contribution is 2.38. The molecule has 3 heteroatoms. The predicted octanol–water partition coefficient (Wildman–Crippen LogP) is 3.07. The lowest BCUT2D eigenvalue weighted by Gasteiger charge is -2.30. The molecule has 0 aliphatic carbocycles. The summed E-state index contributed by atoms with van der Waals surface area (Å²) in [6.45, 7) is 4.29. The molecule has 1 heterocycles. The van der Waals surface area contributed by atoms with Crippen molar-refractivity contribution in [3.63, 3.8) is 0 Å². The summed E-state index contributed by atoms with van der Waals surface area (Å²) in [5.74, 6) is 0. The molecule has 1 aromatic rings. The van der Waals surface area contributed by atoms with Gasteiger partial charge in [0.2, 0.25) is 0 Å². The molecule has 2 nitrogen and oxygen atoms in total. The van der Waals surface area contributed by atoms with Gasteiger partial charge in [0.05, 0.1) is 0 Å². The van der Waals surface area contributed by atoms with Gasteiger partial charge in [0.1, 0.15) is 6.29 Å². The first-order valence-electron chi connectivity index (χ1n) is 5.64. The number of aldehydes is 1.